The Hall–Kier alpha value is -2.44. The number of hydrogen-bond acceptors (Lipinski definition) is 6. The fourth-order valence-corrected chi connectivity index (χ4v) is 4.53. The van der Waals surface area contributed by atoms with Crippen molar-refractivity contribution >= 4 is 0 Å². The second kappa shape index (κ2) is 14.1. The topological polar surface area (TPSA) is 61.0 Å². The third-order valence-electron chi connectivity index (χ3n) is 6.12. The molecular weight excluding hydrogens is 428 g/mol. The summed E-state index contributed by atoms with van der Waals surface area (Å²) in [6.45, 7) is 12.1. The van der Waals surface area contributed by atoms with Gasteiger partial charge >= 0.3 is 0 Å². The van der Waals surface area contributed by atoms with E-state index in [4.69, 9.17) is 18.9 Å². The van der Waals surface area contributed by atoms with Gasteiger partial charge in [0.25, 0.3) is 0 Å². The third-order valence-corrected chi connectivity index (χ3v) is 6.12. The molecule has 0 heterocycles. The van der Waals surface area contributed by atoms with Crippen LogP contribution in [0.5, 0.6) is 23.0 Å². The van der Waals surface area contributed by atoms with Gasteiger partial charge in [-0.3, -0.25) is 0 Å². The van der Waals surface area contributed by atoms with Crippen molar-refractivity contribution < 1.29 is 18.9 Å². The van der Waals surface area contributed by atoms with Gasteiger partial charge in [-0.05, 0) is 75.9 Å². The summed E-state index contributed by atoms with van der Waals surface area (Å²) in [5.41, 5.74) is 2.42. The van der Waals surface area contributed by atoms with E-state index in [0.717, 1.165) is 36.1 Å². The van der Waals surface area contributed by atoms with E-state index in [1.807, 2.05) is 39.8 Å². The summed E-state index contributed by atoms with van der Waals surface area (Å²) in [4.78, 5) is 0. The van der Waals surface area contributed by atoms with E-state index < -0.39 is 0 Å². The molecule has 1 aliphatic carbocycles. The van der Waals surface area contributed by atoms with Crippen LogP contribution in [0.1, 0.15) is 64.5 Å². The van der Waals surface area contributed by atoms with Gasteiger partial charge in [-0.1, -0.05) is 25.0 Å². The molecule has 1 saturated carbocycles. The molecule has 0 unspecified atom stereocenters. The minimum atomic E-state index is 0.435. The third kappa shape index (κ3) is 7.54. The fourth-order valence-electron chi connectivity index (χ4n) is 4.53. The van der Waals surface area contributed by atoms with Gasteiger partial charge in [0.1, 0.15) is 0 Å². The highest BCUT2D eigenvalue weighted by atomic mass is 16.5. The summed E-state index contributed by atoms with van der Waals surface area (Å²) in [5.74, 6) is 3.27. The fraction of sp³-hybridized carbons (Fsp3) is 0.571. The van der Waals surface area contributed by atoms with E-state index in [-0.39, 0.29) is 0 Å². The molecule has 0 aromatic heterocycles. The van der Waals surface area contributed by atoms with E-state index >= 15 is 0 Å². The molecule has 188 valence electrons. The maximum absolute atomic E-state index is 5.80. The van der Waals surface area contributed by atoms with Crippen molar-refractivity contribution in [2.75, 3.05) is 26.4 Å². The van der Waals surface area contributed by atoms with Gasteiger partial charge in [-0.2, -0.15) is 0 Å². The van der Waals surface area contributed by atoms with Crippen LogP contribution in [0.15, 0.2) is 36.4 Å². The van der Waals surface area contributed by atoms with Gasteiger partial charge < -0.3 is 29.6 Å². The maximum Gasteiger partial charge on any atom is 0.161 e. The molecule has 2 aromatic carbocycles. The van der Waals surface area contributed by atoms with Gasteiger partial charge in [0.15, 0.2) is 23.0 Å². The molecule has 6 heteroatoms. The Balaban J connectivity index is 1.59. The summed E-state index contributed by atoms with van der Waals surface area (Å²) in [7, 11) is 0. The maximum atomic E-state index is 5.80. The van der Waals surface area contributed by atoms with Crippen molar-refractivity contribution in [3.05, 3.63) is 47.5 Å². The Labute approximate surface area is 205 Å². The van der Waals surface area contributed by atoms with Crippen LogP contribution >= 0.6 is 0 Å². The van der Waals surface area contributed by atoms with Gasteiger partial charge in [0.2, 0.25) is 0 Å². The molecule has 6 nitrogen and oxygen atoms in total. The number of rotatable bonds is 14. The summed E-state index contributed by atoms with van der Waals surface area (Å²) in [6, 6.07) is 13.4. The number of nitrogens with one attached hydrogen (secondary N) is 2. The molecule has 0 saturated heterocycles. The summed E-state index contributed by atoms with van der Waals surface area (Å²) in [6.07, 6.45) is 4.89. The van der Waals surface area contributed by atoms with Crippen LogP contribution in [0, 0.1) is 0 Å². The van der Waals surface area contributed by atoms with E-state index in [1.54, 1.807) is 0 Å². The van der Waals surface area contributed by atoms with Crippen LogP contribution < -0.4 is 29.6 Å². The molecule has 0 amide bonds. The van der Waals surface area contributed by atoms with Crippen LogP contribution in [0.25, 0.3) is 0 Å². The predicted molar refractivity (Wildman–Crippen MR) is 137 cm³/mol. The molecule has 0 spiro atoms. The largest absolute Gasteiger partial charge is 0.490 e. The van der Waals surface area contributed by atoms with Crippen molar-refractivity contribution in [2.24, 2.45) is 0 Å². The highest BCUT2D eigenvalue weighted by Crippen LogP contribution is 2.30. The van der Waals surface area contributed by atoms with E-state index in [0.29, 0.717) is 38.5 Å². The van der Waals surface area contributed by atoms with Crippen LogP contribution in [-0.2, 0) is 13.1 Å². The van der Waals surface area contributed by atoms with Gasteiger partial charge in [0.05, 0.1) is 26.4 Å². The molecule has 2 N–H and O–H groups in total. The van der Waals surface area contributed by atoms with Crippen LogP contribution in [0.4, 0.5) is 0 Å². The Morgan fingerprint density at radius 3 is 1.35 bits per heavy atom. The normalized spacial score (nSPS) is 17.9. The zero-order valence-corrected chi connectivity index (χ0v) is 21.3. The lowest BCUT2D eigenvalue weighted by atomic mass is 9.90. The molecule has 0 bridgehead atoms. The highest BCUT2D eigenvalue weighted by Gasteiger charge is 2.24. The van der Waals surface area contributed by atoms with Crippen molar-refractivity contribution in [3.63, 3.8) is 0 Å². The van der Waals surface area contributed by atoms with Crippen molar-refractivity contribution in [3.8, 4) is 23.0 Å². The lowest BCUT2D eigenvalue weighted by Crippen LogP contribution is -2.49. The van der Waals surface area contributed by atoms with Crippen LogP contribution in [0.2, 0.25) is 0 Å². The Bertz CT molecular complexity index is 802. The summed E-state index contributed by atoms with van der Waals surface area (Å²) in [5, 5.41) is 7.60. The quantitative estimate of drug-likeness (QED) is 0.382. The molecule has 2 aromatic rings. The van der Waals surface area contributed by atoms with Crippen molar-refractivity contribution in [2.45, 2.75) is 78.6 Å². The minimum absolute atomic E-state index is 0.435. The highest BCUT2D eigenvalue weighted by molar-refractivity contribution is 5.44. The molecule has 2 atom stereocenters. The molecule has 1 aliphatic rings. The molecular formula is C28H42N2O4. The molecule has 0 aliphatic heterocycles. The van der Waals surface area contributed by atoms with E-state index in [9.17, 15) is 0 Å². The summed E-state index contributed by atoms with van der Waals surface area (Å²) >= 11 is 0. The predicted octanol–water partition coefficient (Wildman–Crippen LogP) is 5.47. The number of hydrogen-bond donors (Lipinski definition) is 2. The smallest absolute Gasteiger partial charge is 0.161 e. The second-order valence-corrected chi connectivity index (χ2v) is 8.55. The lowest BCUT2D eigenvalue weighted by Gasteiger charge is -2.33. The molecule has 1 fully saturated rings. The SMILES string of the molecule is CCOc1ccc(CN[C@@H]2CCCC[C@H]2NCc2ccc(OCC)c(OCC)c2)cc1OCC. The summed E-state index contributed by atoms with van der Waals surface area (Å²) < 4.78 is 23.0. The Morgan fingerprint density at radius 2 is 0.971 bits per heavy atom. The monoisotopic (exact) mass is 470 g/mol. The van der Waals surface area contributed by atoms with Crippen molar-refractivity contribution in [1.29, 1.82) is 0 Å². The first-order chi connectivity index (χ1) is 16.7. The number of ether oxygens (including phenoxy) is 4. The minimum Gasteiger partial charge on any atom is -0.490 e. The first-order valence-electron chi connectivity index (χ1n) is 12.9. The van der Waals surface area contributed by atoms with E-state index in [1.165, 1.54) is 36.8 Å². The van der Waals surface area contributed by atoms with E-state index in [2.05, 4.69) is 34.9 Å². The molecule has 3 rings (SSSR count). The second-order valence-electron chi connectivity index (χ2n) is 8.55. The van der Waals surface area contributed by atoms with Crippen LogP contribution in [0.3, 0.4) is 0 Å². The first kappa shape index (κ1) is 26.2. The lowest BCUT2D eigenvalue weighted by molar-refractivity contribution is 0.278. The van der Waals surface area contributed by atoms with Crippen molar-refractivity contribution in [1.82, 2.24) is 10.6 Å². The zero-order valence-electron chi connectivity index (χ0n) is 21.3. The van der Waals surface area contributed by atoms with Gasteiger partial charge in [-0.25, -0.2) is 0 Å². The Morgan fingerprint density at radius 1 is 0.588 bits per heavy atom. The zero-order chi connectivity index (χ0) is 24.2. The van der Waals surface area contributed by atoms with Gasteiger partial charge in [-0.15, -0.1) is 0 Å². The van der Waals surface area contributed by atoms with Gasteiger partial charge in [0, 0.05) is 25.2 Å². The number of benzene rings is 2. The molecule has 0 radical (unpaired) electrons. The first-order valence-corrected chi connectivity index (χ1v) is 12.9. The molecule has 34 heavy (non-hydrogen) atoms. The average molecular weight is 471 g/mol. The average Bonchev–Trinajstić information content (AvgIpc) is 2.85. The van der Waals surface area contributed by atoms with Crippen LogP contribution in [-0.4, -0.2) is 38.5 Å². The standard InChI is InChI=1S/C28H42N2O4/c1-5-31-25-15-13-21(17-27(25)33-7-3)19-29-23-11-9-10-12-24(23)30-20-22-14-16-26(32-6-2)28(18-22)34-8-4/h13-18,23-24,29-30H,5-12,19-20H2,1-4H3/t23-,24-/m1/s1. The Kier molecular flexibility index (Phi) is 10.8.